The van der Waals surface area contributed by atoms with Crippen molar-refractivity contribution in [2.24, 2.45) is 0 Å². The smallest absolute Gasteiger partial charge is 0.407 e. The molecule has 2 aliphatic carbocycles. The predicted molar refractivity (Wildman–Crippen MR) is 137 cm³/mol. The number of alkyl carbamates (subject to hydrolysis) is 1. The largest absolute Gasteiger partial charge is 0.449 e. The average Bonchev–Trinajstić information content (AvgIpc) is 3.42. The van der Waals surface area contributed by atoms with E-state index >= 15 is 0 Å². The Balaban J connectivity index is 1.12. The number of H-pyrrole nitrogens is 1. The summed E-state index contributed by atoms with van der Waals surface area (Å²) in [4.78, 5) is 16.2. The Hall–Kier alpha value is -3.24. The van der Waals surface area contributed by atoms with Gasteiger partial charge >= 0.3 is 6.09 Å². The van der Waals surface area contributed by atoms with Crippen molar-refractivity contribution in [2.45, 2.75) is 43.6 Å². The fourth-order valence-corrected chi connectivity index (χ4v) is 6.03. The topological polar surface area (TPSA) is 54.1 Å². The monoisotopic (exact) mass is 470 g/mol. The summed E-state index contributed by atoms with van der Waals surface area (Å²) in [5.41, 5.74) is 7.32. The molecule has 1 aromatic heterocycles. The Morgan fingerprint density at radius 1 is 0.971 bits per heavy atom. The van der Waals surface area contributed by atoms with E-state index in [1.54, 1.807) is 0 Å². The van der Waals surface area contributed by atoms with Gasteiger partial charge in [0, 0.05) is 34.1 Å². The molecule has 0 spiro atoms. The van der Waals surface area contributed by atoms with E-state index in [0.29, 0.717) is 12.5 Å². The predicted octanol–water partition coefficient (Wildman–Crippen LogP) is 7.39. The lowest BCUT2D eigenvalue weighted by Gasteiger charge is -2.29. The lowest BCUT2D eigenvalue weighted by atomic mass is 9.81. The standard InChI is InChI=1S/C29H27ClN2O2/c30-19-12-13-28-25(15-19)26(16-31-28)18-6-5-7-20(14-18)32-29(33)34-17-27-23-10-3-1-8-21(23)22-9-2-4-11-24(22)27/h1-4,8-13,15-16,18,20,27,31H,5-7,14,17H2,(H,32,33)/t18-,20+/m1/s1. The summed E-state index contributed by atoms with van der Waals surface area (Å²) < 4.78 is 5.78. The number of fused-ring (bicyclic) bond motifs is 4. The number of benzene rings is 3. The first-order valence-corrected chi connectivity index (χ1v) is 12.4. The molecule has 34 heavy (non-hydrogen) atoms. The quantitative estimate of drug-likeness (QED) is 0.326. The van der Waals surface area contributed by atoms with E-state index in [9.17, 15) is 4.79 Å². The summed E-state index contributed by atoms with van der Waals surface area (Å²) in [6, 6.07) is 22.9. The molecule has 0 radical (unpaired) electrons. The molecule has 4 nitrogen and oxygen atoms in total. The number of aromatic amines is 1. The fraction of sp³-hybridized carbons (Fsp3) is 0.276. The normalized spacial score (nSPS) is 19.6. The summed E-state index contributed by atoms with van der Waals surface area (Å²) in [5, 5.41) is 5.07. The molecule has 2 N–H and O–H groups in total. The summed E-state index contributed by atoms with van der Waals surface area (Å²) >= 11 is 6.25. The minimum atomic E-state index is -0.325. The van der Waals surface area contributed by atoms with Crippen LogP contribution in [0.4, 0.5) is 4.79 Å². The summed E-state index contributed by atoms with van der Waals surface area (Å²) in [6.07, 6.45) is 5.85. The van der Waals surface area contributed by atoms with Gasteiger partial charge in [0.25, 0.3) is 0 Å². The number of carbonyl (C=O) groups is 1. The van der Waals surface area contributed by atoms with Crippen LogP contribution < -0.4 is 5.32 Å². The van der Waals surface area contributed by atoms with Gasteiger partial charge in [-0.05, 0) is 71.2 Å². The van der Waals surface area contributed by atoms with Crippen LogP contribution in [0.15, 0.2) is 72.9 Å². The van der Waals surface area contributed by atoms with Gasteiger partial charge in [0.15, 0.2) is 0 Å². The molecule has 6 rings (SSSR count). The van der Waals surface area contributed by atoms with Gasteiger partial charge in [0.1, 0.15) is 6.61 Å². The molecule has 0 saturated heterocycles. The van der Waals surface area contributed by atoms with Crippen molar-refractivity contribution in [1.29, 1.82) is 0 Å². The average molecular weight is 471 g/mol. The van der Waals surface area contributed by atoms with Crippen molar-refractivity contribution in [1.82, 2.24) is 10.3 Å². The minimum absolute atomic E-state index is 0.0771. The second-order valence-electron chi connectivity index (χ2n) is 9.46. The number of hydrogen-bond donors (Lipinski definition) is 2. The van der Waals surface area contributed by atoms with E-state index in [-0.39, 0.29) is 18.1 Å². The van der Waals surface area contributed by atoms with Gasteiger partial charge in [-0.2, -0.15) is 0 Å². The Labute approximate surface area is 204 Å². The number of rotatable bonds is 4. The zero-order valence-electron chi connectivity index (χ0n) is 18.9. The van der Waals surface area contributed by atoms with Crippen LogP contribution in [0.1, 0.15) is 54.2 Å². The molecular formula is C29H27ClN2O2. The minimum Gasteiger partial charge on any atom is -0.449 e. The maximum atomic E-state index is 12.8. The van der Waals surface area contributed by atoms with Crippen LogP contribution in [0.3, 0.4) is 0 Å². The molecular weight excluding hydrogens is 444 g/mol. The van der Waals surface area contributed by atoms with E-state index in [2.05, 4.69) is 65.0 Å². The van der Waals surface area contributed by atoms with Gasteiger partial charge in [0.05, 0.1) is 0 Å². The Morgan fingerprint density at radius 2 is 1.71 bits per heavy atom. The van der Waals surface area contributed by atoms with Crippen LogP contribution in [-0.4, -0.2) is 23.7 Å². The highest BCUT2D eigenvalue weighted by atomic mass is 35.5. The number of aromatic nitrogens is 1. The van der Waals surface area contributed by atoms with E-state index in [1.807, 2.05) is 18.2 Å². The number of hydrogen-bond acceptors (Lipinski definition) is 2. The number of halogens is 1. The van der Waals surface area contributed by atoms with Crippen LogP contribution in [0.5, 0.6) is 0 Å². The van der Waals surface area contributed by atoms with Crippen molar-refractivity contribution >= 4 is 28.6 Å². The highest BCUT2D eigenvalue weighted by molar-refractivity contribution is 6.31. The third kappa shape index (κ3) is 3.86. The van der Waals surface area contributed by atoms with Gasteiger partial charge in [0.2, 0.25) is 0 Å². The fourth-order valence-electron chi connectivity index (χ4n) is 5.86. The first kappa shape index (κ1) is 21.3. The molecule has 1 amide bonds. The molecule has 1 heterocycles. The molecule has 1 fully saturated rings. The second-order valence-corrected chi connectivity index (χ2v) is 9.90. The van der Waals surface area contributed by atoms with Gasteiger partial charge in [-0.1, -0.05) is 66.6 Å². The van der Waals surface area contributed by atoms with Crippen molar-refractivity contribution in [2.75, 3.05) is 6.61 Å². The summed E-state index contributed by atoms with van der Waals surface area (Å²) in [5.74, 6) is 0.466. The second kappa shape index (κ2) is 8.84. The molecule has 0 bridgehead atoms. The summed E-state index contributed by atoms with van der Waals surface area (Å²) in [6.45, 7) is 0.344. The maximum absolute atomic E-state index is 12.8. The first-order valence-electron chi connectivity index (χ1n) is 12.1. The SMILES string of the molecule is O=C(N[C@H]1CCC[C@@H](c2c[nH]c3ccc(Cl)cc23)C1)OCC1c2ccccc2-c2ccccc21. The van der Waals surface area contributed by atoms with E-state index in [0.717, 1.165) is 36.2 Å². The number of ether oxygens (including phenoxy) is 1. The van der Waals surface area contributed by atoms with Crippen LogP contribution in [0.2, 0.25) is 5.02 Å². The lowest BCUT2D eigenvalue weighted by molar-refractivity contribution is 0.135. The first-order chi connectivity index (χ1) is 16.7. The molecule has 0 aliphatic heterocycles. The van der Waals surface area contributed by atoms with Gasteiger partial charge in [-0.15, -0.1) is 0 Å². The Morgan fingerprint density at radius 3 is 2.47 bits per heavy atom. The zero-order chi connectivity index (χ0) is 23.1. The van der Waals surface area contributed by atoms with E-state index in [1.165, 1.54) is 33.2 Å². The molecule has 3 aromatic carbocycles. The maximum Gasteiger partial charge on any atom is 0.407 e. The van der Waals surface area contributed by atoms with Crippen LogP contribution in [0, 0.1) is 0 Å². The highest BCUT2D eigenvalue weighted by Crippen LogP contribution is 2.44. The lowest BCUT2D eigenvalue weighted by Crippen LogP contribution is -2.38. The van der Waals surface area contributed by atoms with Crippen molar-refractivity contribution < 1.29 is 9.53 Å². The van der Waals surface area contributed by atoms with Gasteiger partial charge in [-0.25, -0.2) is 4.79 Å². The van der Waals surface area contributed by atoms with Crippen molar-refractivity contribution in [3.63, 3.8) is 0 Å². The van der Waals surface area contributed by atoms with Crippen LogP contribution >= 0.6 is 11.6 Å². The van der Waals surface area contributed by atoms with Gasteiger partial charge < -0.3 is 15.0 Å². The van der Waals surface area contributed by atoms with Crippen molar-refractivity contribution in [3.05, 3.63) is 94.6 Å². The van der Waals surface area contributed by atoms with Crippen molar-refractivity contribution in [3.8, 4) is 11.1 Å². The van der Waals surface area contributed by atoms with Crippen LogP contribution in [0.25, 0.3) is 22.0 Å². The summed E-state index contributed by atoms with van der Waals surface area (Å²) in [7, 11) is 0. The Bertz CT molecular complexity index is 1320. The molecule has 4 aromatic rings. The van der Waals surface area contributed by atoms with E-state index < -0.39 is 0 Å². The third-order valence-electron chi connectivity index (χ3n) is 7.46. The Kier molecular flexibility index (Phi) is 5.54. The number of nitrogens with one attached hydrogen (secondary N) is 2. The molecule has 2 atom stereocenters. The number of amides is 1. The molecule has 2 aliphatic rings. The molecule has 5 heteroatoms. The molecule has 0 unspecified atom stereocenters. The zero-order valence-corrected chi connectivity index (χ0v) is 19.6. The third-order valence-corrected chi connectivity index (χ3v) is 7.69. The molecule has 172 valence electrons. The van der Waals surface area contributed by atoms with E-state index in [4.69, 9.17) is 16.3 Å². The molecule has 1 saturated carbocycles. The highest BCUT2D eigenvalue weighted by Gasteiger charge is 2.30. The van der Waals surface area contributed by atoms with Gasteiger partial charge in [-0.3, -0.25) is 0 Å². The number of carbonyl (C=O) groups excluding carboxylic acids is 1. The van der Waals surface area contributed by atoms with Crippen LogP contribution in [-0.2, 0) is 4.74 Å².